The molecule has 1 saturated carbocycles. The van der Waals surface area contributed by atoms with Crippen molar-refractivity contribution in [3.63, 3.8) is 0 Å². The first-order valence-electron chi connectivity index (χ1n) is 4.02. The molecule has 54 valence electrons. The first-order valence-corrected chi connectivity index (χ1v) is 4.02. The molecule has 0 spiro atoms. The van der Waals surface area contributed by atoms with Crippen LogP contribution < -0.4 is 0 Å². The zero-order chi connectivity index (χ0) is 6.69. The van der Waals surface area contributed by atoms with Crippen LogP contribution in [-0.4, -0.2) is 11.2 Å². The fraction of sp³-hybridized carbons (Fsp3) is 1.00. The molecule has 0 aromatic heterocycles. The van der Waals surface area contributed by atoms with Crippen LogP contribution in [0.3, 0.4) is 0 Å². The third-order valence-corrected chi connectivity index (χ3v) is 2.39. The lowest BCUT2D eigenvalue weighted by molar-refractivity contribution is 0.0680. The first-order chi connectivity index (χ1) is 4.34. The van der Waals surface area contributed by atoms with Gasteiger partial charge in [-0.15, -0.1) is 0 Å². The van der Waals surface area contributed by atoms with Gasteiger partial charge in [0.2, 0.25) is 0 Å². The summed E-state index contributed by atoms with van der Waals surface area (Å²) in [5.41, 5.74) is 0. The van der Waals surface area contributed by atoms with Crippen LogP contribution in [0.2, 0.25) is 0 Å². The quantitative estimate of drug-likeness (QED) is 0.572. The van der Waals surface area contributed by atoms with E-state index >= 15 is 0 Å². The van der Waals surface area contributed by atoms with Crippen LogP contribution in [0.1, 0.15) is 39.0 Å². The molecule has 0 aromatic rings. The van der Waals surface area contributed by atoms with E-state index in [1.807, 2.05) is 0 Å². The second-order valence-corrected chi connectivity index (χ2v) is 3.02. The second-order valence-electron chi connectivity index (χ2n) is 3.02. The van der Waals surface area contributed by atoms with Gasteiger partial charge in [-0.05, 0) is 18.8 Å². The fourth-order valence-corrected chi connectivity index (χ4v) is 1.66. The molecule has 1 aliphatic carbocycles. The monoisotopic (exact) mass is 128 g/mol. The van der Waals surface area contributed by atoms with Crippen molar-refractivity contribution in [2.45, 2.75) is 45.1 Å². The number of aliphatic hydroxyl groups excluding tert-OH is 1. The van der Waals surface area contributed by atoms with Crippen molar-refractivity contribution in [1.29, 1.82) is 0 Å². The van der Waals surface area contributed by atoms with Crippen molar-refractivity contribution in [1.82, 2.24) is 0 Å². The SMILES string of the molecule is CCC1CCCC[C@H]1O. The zero-order valence-electron chi connectivity index (χ0n) is 6.14. The highest BCUT2D eigenvalue weighted by atomic mass is 16.3. The first kappa shape index (κ1) is 7.07. The van der Waals surface area contributed by atoms with E-state index in [2.05, 4.69) is 6.92 Å². The Morgan fingerprint density at radius 3 is 2.44 bits per heavy atom. The molecule has 1 fully saturated rings. The van der Waals surface area contributed by atoms with E-state index < -0.39 is 0 Å². The van der Waals surface area contributed by atoms with Gasteiger partial charge in [-0.25, -0.2) is 0 Å². The van der Waals surface area contributed by atoms with Gasteiger partial charge in [-0.3, -0.25) is 0 Å². The Morgan fingerprint density at radius 1 is 1.33 bits per heavy atom. The largest absolute Gasteiger partial charge is 0.393 e. The zero-order valence-corrected chi connectivity index (χ0v) is 6.14. The number of rotatable bonds is 1. The Morgan fingerprint density at radius 2 is 2.00 bits per heavy atom. The van der Waals surface area contributed by atoms with Gasteiger partial charge in [0.05, 0.1) is 6.10 Å². The Bertz CT molecular complexity index is 80.6. The summed E-state index contributed by atoms with van der Waals surface area (Å²) in [4.78, 5) is 0. The van der Waals surface area contributed by atoms with Crippen LogP contribution in [0.15, 0.2) is 0 Å². The summed E-state index contributed by atoms with van der Waals surface area (Å²) in [6, 6.07) is 0. The summed E-state index contributed by atoms with van der Waals surface area (Å²) in [5, 5.41) is 9.37. The van der Waals surface area contributed by atoms with Crippen molar-refractivity contribution < 1.29 is 5.11 Å². The predicted octanol–water partition coefficient (Wildman–Crippen LogP) is 1.95. The normalized spacial score (nSPS) is 36.7. The lowest BCUT2D eigenvalue weighted by atomic mass is 9.85. The smallest absolute Gasteiger partial charge is 0.0568 e. The number of hydrogen-bond donors (Lipinski definition) is 1. The summed E-state index contributed by atoms with van der Waals surface area (Å²) in [5.74, 6) is 0.610. The minimum absolute atomic E-state index is 0.0174. The molecule has 2 atom stereocenters. The van der Waals surface area contributed by atoms with E-state index in [-0.39, 0.29) is 6.10 Å². The predicted molar refractivity (Wildman–Crippen MR) is 38.3 cm³/mol. The van der Waals surface area contributed by atoms with E-state index in [1.54, 1.807) is 0 Å². The molecule has 0 aliphatic heterocycles. The summed E-state index contributed by atoms with van der Waals surface area (Å²) in [6.45, 7) is 2.17. The van der Waals surface area contributed by atoms with Crippen LogP contribution in [0.4, 0.5) is 0 Å². The van der Waals surface area contributed by atoms with Crippen LogP contribution in [0.25, 0.3) is 0 Å². The van der Waals surface area contributed by atoms with E-state index in [0.29, 0.717) is 5.92 Å². The average molecular weight is 128 g/mol. The molecule has 1 rings (SSSR count). The van der Waals surface area contributed by atoms with Crippen molar-refractivity contribution in [3.8, 4) is 0 Å². The Balaban J connectivity index is 2.30. The van der Waals surface area contributed by atoms with Crippen molar-refractivity contribution in [2.24, 2.45) is 5.92 Å². The summed E-state index contributed by atoms with van der Waals surface area (Å²) < 4.78 is 0. The average Bonchev–Trinajstić information content (AvgIpc) is 1.89. The van der Waals surface area contributed by atoms with Crippen LogP contribution in [0.5, 0.6) is 0 Å². The molecule has 0 saturated heterocycles. The molecule has 0 heterocycles. The molecular weight excluding hydrogens is 112 g/mol. The number of aliphatic hydroxyl groups is 1. The third kappa shape index (κ3) is 1.68. The van der Waals surface area contributed by atoms with Gasteiger partial charge in [-0.1, -0.05) is 26.2 Å². The Labute approximate surface area is 57.1 Å². The topological polar surface area (TPSA) is 20.2 Å². The second kappa shape index (κ2) is 3.21. The minimum atomic E-state index is 0.0174. The summed E-state index contributed by atoms with van der Waals surface area (Å²) >= 11 is 0. The van der Waals surface area contributed by atoms with Crippen LogP contribution in [-0.2, 0) is 0 Å². The van der Waals surface area contributed by atoms with E-state index in [1.165, 1.54) is 19.3 Å². The van der Waals surface area contributed by atoms with Crippen molar-refractivity contribution in [2.75, 3.05) is 0 Å². The molecule has 1 unspecified atom stereocenters. The van der Waals surface area contributed by atoms with Gasteiger partial charge in [-0.2, -0.15) is 0 Å². The Hall–Kier alpha value is -0.0400. The van der Waals surface area contributed by atoms with Crippen LogP contribution in [0, 0.1) is 5.92 Å². The maximum Gasteiger partial charge on any atom is 0.0568 e. The van der Waals surface area contributed by atoms with Crippen molar-refractivity contribution >= 4 is 0 Å². The molecule has 0 amide bonds. The molecular formula is C8H16O. The molecule has 0 aromatic carbocycles. The van der Waals surface area contributed by atoms with E-state index in [0.717, 1.165) is 12.8 Å². The highest BCUT2D eigenvalue weighted by Gasteiger charge is 2.20. The van der Waals surface area contributed by atoms with Gasteiger partial charge < -0.3 is 5.11 Å². The van der Waals surface area contributed by atoms with Gasteiger partial charge in [0.15, 0.2) is 0 Å². The number of hydrogen-bond acceptors (Lipinski definition) is 1. The molecule has 0 radical (unpaired) electrons. The summed E-state index contributed by atoms with van der Waals surface area (Å²) in [7, 11) is 0. The third-order valence-electron chi connectivity index (χ3n) is 2.39. The lowest BCUT2D eigenvalue weighted by Crippen LogP contribution is -2.23. The molecule has 0 bridgehead atoms. The highest BCUT2D eigenvalue weighted by Crippen LogP contribution is 2.26. The molecule has 1 N–H and O–H groups in total. The van der Waals surface area contributed by atoms with Gasteiger partial charge in [0, 0.05) is 0 Å². The van der Waals surface area contributed by atoms with Crippen molar-refractivity contribution in [3.05, 3.63) is 0 Å². The molecule has 9 heavy (non-hydrogen) atoms. The molecule has 1 heteroatoms. The molecule has 1 aliphatic rings. The maximum absolute atomic E-state index is 9.37. The standard InChI is InChI=1S/C8H16O/c1-2-7-5-3-4-6-8(7)9/h7-9H,2-6H2,1H3/t7?,8-/m1/s1. The van der Waals surface area contributed by atoms with E-state index in [4.69, 9.17) is 0 Å². The highest BCUT2D eigenvalue weighted by molar-refractivity contribution is 4.72. The van der Waals surface area contributed by atoms with Gasteiger partial charge in [0.25, 0.3) is 0 Å². The van der Waals surface area contributed by atoms with Gasteiger partial charge >= 0.3 is 0 Å². The molecule has 1 nitrogen and oxygen atoms in total. The van der Waals surface area contributed by atoms with Gasteiger partial charge in [0.1, 0.15) is 0 Å². The van der Waals surface area contributed by atoms with Crippen LogP contribution >= 0.6 is 0 Å². The fourth-order valence-electron chi connectivity index (χ4n) is 1.66. The lowest BCUT2D eigenvalue weighted by Gasteiger charge is -2.25. The Kier molecular flexibility index (Phi) is 2.52. The minimum Gasteiger partial charge on any atom is -0.393 e. The summed E-state index contributed by atoms with van der Waals surface area (Å²) in [6.07, 6.45) is 6.02. The maximum atomic E-state index is 9.37. The van der Waals surface area contributed by atoms with E-state index in [9.17, 15) is 5.11 Å².